The summed E-state index contributed by atoms with van der Waals surface area (Å²) >= 11 is 0. The normalized spacial score (nSPS) is 11.9. The van der Waals surface area contributed by atoms with Crippen LogP contribution < -0.4 is 10.1 Å². The van der Waals surface area contributed by atoms with Gasteiger partial charge in [-0.25, -0.2) is 4.98 Å². The van der Waals surface area contributed by atoms with Gasteiger partial charge in [0.15, 0.2) is 12.2 Å². The number of amides is 1. The number of rotatable bonds is 7. The lowest BCUT2D eigenvalue weighted by Gasteiger charge is -2.08. The van der Waals surface area contributed by atoms with Crippen molar-refractivity contribution in [3.8, 4) is 17.2 Å². The van der Waals surface area contributed by atoms with Gasteiger partial charge in [0.25, 0.3) is 5.91 Å². The molecule has 0 aliphatic carbocycles. The summed E-state index contributed by atoms with van der Waals surface area (Å²) in [5, 5.41) is 2.85. The quantitative estimate of drug-likeness (QED) is 0.412. The fourth-order valence-corrected chi connectivity index (χ4v) is 3.20. The van der Waals surface area contributed by atoms with Crippen LogP contribution in [0.25, 0.3) is 22.6 Å². The molecule has 0 spiro atoms. The predicted molar refractivity (Wildman–Crippen MR) is 119 cm³/mol. The zero-order chi connectivity index (χ0) is 20.9. The van der Waals surface area contributed by atoms with E-state index in [0.29, 0.717) is 23.2 Å². The number of nitrogens with one attached hydrogen (secondary N) is 1. The summed E-state index contributed by atoms with van der Waals surface area (Å²) in [6.45, 7) is 4.32. The topological polar surface area (TPSA) is 64.4 Å². The van der Waals surface area contributed by atoms with Gasteiger partial charge in [0.05, 0.1) is 0 Å². The molecule has 1 N–H and O–H groups in total. The highest BCUT2D eigenvalue weighted by molar-refractivity contribution is 5.92. The standard InChI is InChI=1S/C25H24N2O3/c1-3-17(2)18-12-13-23-22(15-18)27-25(30-23)19-8-7-9-20(14-19)26-24(28)16-29-21-10-5-4-6-11-21/h4-15,17H,3,16H2,1-2H3,(H,26,28)/t17-/m1/s1. The zero-order valence-electron chi connectivity index (χ0n) is 17.1. The van der Waals surface area contributed by atoms with Crippen LogP contribution in [0.3, 0.4) is 0 Å². The minimum atomic E-state index is -0.230. The molecular weight excluding hydrogens is 376 g/mol. The number of hydrogen-bond acceptors (Lipinski definition) is 4. The maximum absolute atomic E-state index is 12.2. The SMILES string of the molecule is CC[C@@H](C)c1ccc2oc(-c3cccc(NC(=O)COc4ccccc4)c3)nc2c1. The van der Waals surface area contributed by atoms with Gasteiger partial charge in [0, 0.05) is 11.3 Å². The highest BCUT2D eigenvalue weighted by Crippen LogP contribution is 2.29. The first-order chi connectivity index (χ1) is 14.6. The Morgan fingerprint density at radius 2 is 1.90 bits per heavy atom. The molecule has 0 bridgehead atoms. The molecule has 0 radical (unpaired) electrons. The number of hydrogen-bond donors (Lipinski definition) is 1. The van der Waals surface area contributed by atoms with E-state index in [9.17, 15) is 4.79 Å². The molecular formula is C25H24N2O3. The van der Waals surface area contributed by atoms with Gasteiger partial charge in [-0.15, -0.1) is 0 Å². The largest absolute Gasteiger partial charge is 0.484 e. The number of para-hydroxylation sites is 1. The lowest BCUT2D eigenvalue weighted by molar-refractivity contribution is -0.118. The Labute approximate surface area is 175 Å². The highest BCUT2D eigenvalue weighted by atomic mass is 16.5. The van der Waals surface area contributed by atoms with Crippen molar-refractivity contribution in [1.82, 2.24) is 4.98 Å². The second-order valence-electron chi connectivity index (χ2n) is 7.29. The second-order valence-corrected chi connectivity index (χ2v) is 7.29. The molecule has 1 atom stereocenters. The summed E-state index contributed by atoms with van der Waals surface area (Å²) < 4.78 is 11.4. The Morgan fingerprint density at radius 3 is 2.70 bits per heavy atom. The van der Waals surface area contributed by atoms with Gasteiger partial charge in [-0.05, 0) is 60.4 Å². The predicted octanol–water partition coefficient (Wildman–Crippen LogP) is 6.03. The number of nitrogens with zero attached hydrogens (tertiary/aromatic N) is 1. The van der Waals surface area contributed by atoms with Crippen molar-refractivity contribution in [2.45, 2.75) is 26.2 Å². The Balaban J connectivity index is 1.48. The first kappa shape index (κ1) is 19.7. The molecule has 5 heteroatoms. The molecule has 4 rings (SSSR count). The molecule has 1 heterocycles. The summed E-state index contributed by atoms with van der Waals surface area (Å²) in [7, 11) is 0. The fourth-order valence-electron chi connectivity index (χ4n) is 3.20. The van der Waals surface area contributed by atoms with Gasteiger partial charge in [-0.2, -0.15) is 0 Å². The van der Waals surface area contributed by atoms with E-state index in [1.54, 1.807) is 0 Å². The Hall–Kier alpha value is -3.60. The van der Waals surface area contributed by atoms with Crippen molar-refractivity contribution >= 4 is 22.7 Å². The maximum atomic E-state index is 12.2. The lowest BCUT2D eigenvalue weighted by Crippen LogP contribution is -2.20. The third-order valence-corrected chi connectivity index (χ3v) is 5.10. The van der Waals surface area contributed by atoms with Gasteiger partial charge >= 0.3 is 0 Å². The molecule has 152 valence electrons. The van der Waals surface area contributed by atoms with Gasteiger partial charge in [-0.3, -0.25) is 4.79 Å². The molecule has 0 fully saturated rings. The van der Waals surface area contributed by atoms with E-state index < -0.39 is 0 Å². The van der Waals surface area contributed by atoms with Crippen molar-refractivity contribution in [3.63, 3.8) is 0 Å². The molecule has 3 aromatic carbocycles. The van der Waals surface area contributed by atoms with Crippen LogP contribution in [-0.2, 0) is 4.79 Å². The van der Waals surface area contributed by atoms with Crippen molar-refractivity contribution in [1.29, 1.82) is 0 Å². The smallest absolute Gasteiger partial charge is 0.262 e. The molecule has 1 amide bonds. The minimum Gasteiger partial charge on any atom is -0.484 e. The molecule has 0 aliphatic heterocycles. The van der Waals surface area contributed by atoms with Gasteiger partial charge in [0.2, 0.25) is 5.89 Å². The summed E-state index contributed by atoms with van der Waals surface area (Å²) in [6.07, 6.45) is 1.08. The third kappa shape index (κ3) is 4.51. The van der Waals surface area contributed by atoms with Gasteiger partial charge in [0.1, 0.15) is 11.3 Å². The monoisotopic (exact) mass is 400 g/mol. The lowest BCUT2D eigenvalue weighted by atomic mass is 9.98. The van der Waals surface area contributed by atoms with E-state index in [2.05, 4.69) is 36.3 Å². The van der Waals surface area contributed by atoms with E-state index in [0.717, 1.165) is 23.1 Å². The summed E-state index contributed by atoms with van der Waals surface area (Å²) in [6, 6.07) is 22.9. The number of ether oxygens (including phenoxy) is 1. The van der Waals surface area contributed by atoms with E-state index >= 15 is 0 Å². The molecule has 1 aromatic heterocycles. The average Bonchev–Trinajstić information content (AvgIpc) is 3.21. The molecule has 0 saturated carbocycles. The molecule has 0 aliphatic rings. The van der Waals surface area contributed by atoms with E-state index in [1.807, 2.05) is 60.7 Å². The van der Waals surface area contributed by atoms with Crippen LogP contribution in [0.2, 0.25) is 0 Å². The van der Waals surface area contributed by atoms with E-state index in [-0.39, 0.29) is 12.5 Å². The van der Waals surface area contributed by atoms with Crippen LogP contribution in [0.5, 0.6) is 5.75 Å². The van der Waals surface area contributed by atoms with E-state index in [4.69, 9.17) is 9.15 Å². The van der Waals surface area contributed by atoms with E-state index in [1.165, 1.54) is 5.56 Å². The number of carbonyl (C=O) groups excluding carboxylic acids is 1. The number of carbonyl (C=O) groups is 1. The Kier molecular flexibility index (Phi) is 5.80. The number of fused-ring (bicyclic) bond motifs is 1. The maximum Gasteiger partial charge on any atom is 0.262 e. The van der Waals surface area contributed by atoms with Crippen LogP contribution in [0.4, 0.5) is 5.69 Å². The second kappa shape index (κ2) is 8.82. The number of anilines is 1. The Bertz CT molecular complexity index is 1150. The van der Waals surface area contributed by atoms with Crippen molar-refractivity contribution < 1.29 is 13.9 Å². The third-order valence-electron chi connectivity index (χ3n) is 5.10. The Morgan fingerprint density at radius 1 is 1.07 bits per heavy atom. The van der Waals surface area contributed by atoms with Crippen LogP contribution in [-0.4, -0.2) is 17.5 Å². The van der Waals surface area contributed by atoms with Crippen molar-refractivity contribution in [3.05, 3.63) is 78.4 Å². The summed E-state index contributed by atoms with van der Waals surface area (Å²) in [4.78, 5) is 16.9. The van der Waals surface area contributed by atoms with Crippen LogP contribution in [0.1, 0.15) is 31.7 Å². The van der Waals surface area contributed by atoms with Crippen LogP contribution >= 0.6 is 0 Å². The first-order valence-electron chi connectivity index (χ1n) is 10.1. The average molecular weight is 400 g/mol. The molecule has 30 heavy (non-hydrogen) atoms. The minimum absolute atomic E-state index is 0.0600. The number of benzene rings is 3. The number of oxazole rings is 1. The molecule has 5 nitrogen and oxygen atoms in total. The van der Waals surface area contributed by atoms with Crippen molar-refractivity contribution in [2.75, 3.05) is 11.9 Å². The van der Waals surface area contributed by atoms with Crippen LogP contribution in [0.15, 0.2) is 77.2 Å². The summed E-state index contributed by atoms with van der Waals surface area (Å²) in [5.74, 6) is 1.44. The fraction of sp³-hybridized carbons (Fsp3) is 0.200. The highest BCUT2D eigenvalue weighted by Gasteiger charge is 2.12. The van der Waals surface area contributed by atoms with Crippen LogP contribution in [0, 0.1) is 0 Å². The van der Waals surface area contributed by atoms with Crippen molar-refractivity contribution in [2.24, 2.45) is 0 Å². The molecule has 4 aromatic rings. The zero-order valence-corrected chi connectivity index (χ0v) is 17.1. The summed E-state index contributed by atoms with van der Waals surface area (Å²) in [5.41, 5.74) is 4.32. The molecule has 0 unspecified atom stereocenters. The first-order valence-corrected chi connectivity index (χ1v) is 10.1. The van der Waals surface area contributed by atoms with Gasteiger partial charge in [-0.1, -0.05) is 44.2 Å². The molecule has 0 saturated heterocycles. The number of aromatic nitrogens is 1. The van der Waals surface area contributed by atoms with Gasteiger partial charge < -0.3 is 14.5 Å².